The molecule has 0 aliphatic rings. The predicted octanol–water partition coefficient (Wildman–Crippen LogP) is 3.27. The molecule has 0 radical (unpaired) electrons. The molecule has 0 amide bonds. The molecule has 1 aromatic heterocycles. The monoisotopic (exact) mass is 287 g/mol. The van der Waals surface area contributed by atoms with Gasteiger partial charge in [-0.15, -0.1) is 0 Å². The highest BCUT2D eigenvalue weighted by molar-refractivity contribution is 6.37. The average Bonchev–Trinajstić information content (AvgIpc) is 2.71. The number of phenols is 1. The predicted molar refractivity (Wildman–Crippen MR) is 68.0 cm³/mol. The second-order valence-corrected chi connectivity index (χ2v) is 4.80. The van der Waals surface area contributed by atoms with E-state index in [1.54, 1.807) is 13.0 Å². The lowest BCUT2D eigenvalue weighted by Gasteiger charge is -2.11. The Bertz CT molecular complexity index is 545. The minimum Gasteiger partial charge on any atom is -0.505 e. The van der Waals surface area contributed by atoms with E-state index in [4.69, 9.17) is 27.7 Å². The molecule has 6 heteroatoms. The van der Waals surface area contributed by atoms with Crippen molar-refractivity contribution in [1.82, 2.24) is 5.16 Å². The van der Waals surface area contributed by atoms with Gasteiger partial charge in [-0.2, -0.15) is 0 Å². The van der Waals surface area contributed by atoms with Gasteiger partial charge in [0, 0.05) is 12.5 Å². The van der Waals surface area contributed by atoms with Gasteiger partial charge in [0.05, 0.1) is 21.8 Å². The largest absolute Gasteiger partial charge is 0.505 e. The number of benzene rings is 1. The molecule has 2 aromatic rings. The second kappa shape index (κ2) is 5.18. The number of hydrogen-bond donors (Lipinski definition) is 2. The SMILES string of the molecule is Cc1cc(CC(O)c2cc(Cl)c(O)c(Cl)c2)on1. The molecule has 2 N–H and O–H groups in total. The lowest BCUT2D eigenvalue weighted by Crippen LogP contribution is -2.01. The summed E-state index contributed by atoms with van der Waals surface area (Å²) in [6, 6.07) is 4.68. The van der Waals surface area contributed by atoms with Crippen LogP contribution in [0, 0.1) is 6.92 Å². The van der Waals surface area contributed by atoms with Crippen molar-refractivity contribution in [2.45, 2.75) is 19.4 Å². The van der Waals surface area contributed by atoms with Crippen LogP contribution < -0.4 is 0 Å². The Morgan fingerprint density at radius 3 is 2.39 bits per heavy atom. The maximum atomic E-state index is 10.0. The molecule has 1 unspecified atom stereocenters. The summed E-state index contributed by atoms with van der Waals surface area (Å²) in [5.41, 5.74) is 1.26. The van der Waals surface area contributed by atoms with Gasteiger partial charge in [0.15, 0.2) is 5.75 Å². The number of aromatic hydroxyl groups is 1. The van der Waals surface area contributed by atoms with Crippen molar-refractivity contribution in [3.05, 3.63) is 45.3 Å². The van der Waals surface area contributed by atoms with Gasteiger partial charge in [-0.1, -0.05) is 28.4 Å². The minimum absolute atomic E-state index is 0.102. The third kappa shape index (κ3) is 2.77. The van der Waals surface area contributed by atoms with Crippen LogP contribution >= 0.6 is 23.2 Å². The molecule has 96 valence electrons. The molecular weight excluding hydrogens is 277 g/mol. The Morgan fingerprint density at radius 1 is 1.28 bits per heavy atom. The number of halogens is 2. The van der Waals surface area contributed by atoms with Crippen LogP contribution in [0.2, 0.25) is 10.0 Å². The summed E-state index contributed by atoms with van der Waals surface area (Å²) >= 11 is 11.6. The van der Waals surface area contributed by atoms with E-state index >= 15 is 0 Å². The normalized spacial score (nSPS) is 12.7. The molecule has 0 bridgehead atoms. The maximum absolute atomic E-state index is 10.0. The van der Waals surface area contributed by atoms with Gasteiger partial charge in [-0.25, -0.2) is 0 Å². The van der Waals surface area contributed by atoms with Crippen LogP contribution in [-0.2, 0) is 6.42 Å². The highest BCUT2D eigenvalue weighted by Crippen LogP contribution is 2.35. The third-order valence-electron chi connectivity index (χ3n) is 2.50. The minimum atomic E-state index is -0.826. The molecule has 0 saturated carbocycles. The van der Waals surface area contributed by atoms with Crippen molar-refractivity contribution in [2.24, 2.45) is 0 Å². The quantitative estimate of drug-likeness (QED) is 0.909. The molecule has 1 aromatic carbocycles. The van der Waals surface area contributed by atoms with E-state index in [2.05, 4.69) is 5.16 Å². The first-order valence-corrected chi connectivity index (χ1v) is 6.01. The van der Waals surface area contributed by atoms with Crippen molar-refractivity contribution in [1.29, 1.82) is 0 Å². The van der Waals surface area contributed by atoms with Gasteiger partial charge in [0.25, 0.3) is 0 Å². The van der Waals surface area contributed by atoms with Crippen LogP contribution in [0.5, 0.6) is 5.75 Å². The van der Waals surface area contributed by atoms with E-state index in [0.717, 1.165) is 5.69 Å². The summed E-state index contributed by atoms with van der Waals surface area (Å²) in [6.45, 7) is 1.80. The standard InChI is InChI=1S/C12H11Cl2NO3/c1-6-2-8(18-15-6)5-11(16)7-3-9(13)12(17)10(14)4-7/h2-4,11,16-17H,5H2,1H3. The Labute approximate surface area is 114 Å². The summed E-state index contributed by atoms with van der Waals surface area (Å²) in [7, 11) is 0. The summed E-state index contributed by atoms with van der Waals surface area (Å²) < 4.78 is 5.02. The summed E-state index contributed by atoms with van der Waals surface area (Å²) in [5, 5.41) is 23.4. The van der Waals surface area contributed by atoms with E-state index in [-0.39, 0.29) is 22.2 Å². The molecule has 1 heterocycles. The van der Waals surface area contributed by atoms with Crippen molar-refractivity contribution >= 4 is 23.2 Å². The lowest BCUT2D eigenvalue weighted by molar-refractivity contribution is 0.166. The van der Waals surface area contributed by atoms with Crippen molar-refractivity contribution in [3.8, 4) is 5.75 Å². The van der Waals surface area contributed by atoms with Crippen LogP contribution in [0.1, 0.15) is 23.1 Å². The number of aliphatic hydroxyl groups excluding tert-OH is 1. The highest BCUT2D eigenvalue weighted by atomic mass is 35.5. The molecule has 2 rings (SSSR count). The fourth-order valence-corrected chi connectivity index (χ4v) is 2.10. The van der Waals surface area contributed by atoms with E-state index in [9.17, 15) is 10.2 Å². The van der Waals surface area contributed by atoms with Gasteiger partial charge in [0.1, 0.15) is 5.76 Å². The lowest BCUT2D eigenvalue weighted by atomic mass is 10.1. The Kier molecular flexibility index (Phi) is 3.80. The highest BCUT2D eigenvalue weighted by Gasteiger charge is 2.15. The van der Waals surface area contributed by atoms with Crippen molar-refractivity contribution in [3.63, 3.8) is 0 Å². The van der Waals surface area contributed by atoms with E-state index in [0.29, 0.717) is 11.3 Å². The number of rotatable bonds is 3. The smallest absolute Gasteiger partial charge is 0.152 e. The fourth-order valence-electron chi connectivity index (χ4n) is 1.60. The first kappa shape index (κ1) is 13.2. The molecular formula is C12H11Cl2NO3. The van der Waals surface area contributed by atoms with Crippen molar-refractivity contribution in [2.75, 3.05) is 0 Å². The molecule has 0 spiro atoms. The zero-order valence-corrected chi connectivity index (χ0v) is 11.0. The zero-order valence-electron chi connectivity index (χ0n) is 9.52. The van der Waals surface area contributed by atoms with Gasteiger partial charge >= 0.3 is 0 Å². The van der Waals surface area contributed by atoms with E-state index in [1.807, 2.05) is 0 Å². The number of nitrogens with zero attached hydrogens (tertiary/aromatic N) is 1. The number of hydrogen-bond acceptors (Lipinski definition) is 4. The van der Waals surface area contributed by atoms with Crippen LogP contribution in [0.25, 0.3) is 0 Å². The number of aromatic nitrogens is 1. The van der Waals surface area contributed by atoms with Gasteiger partial charge in [-0.05, 0) is 24.6 Å². The number of aryl methyl sites for hydroxylation is 1. The molecule has 0 aliphatic heterocycles. The van der Waals surface area contributed by atoms with Crippen LogP contribution in [-0.4, -0.2) is 15.4 Å². The third-order valence-corrected chi connectivity index (χ3v) is 3.07. The van der Waals surface area contributed by atoms with Gasteiger partial charge in [-0.3, -0.25) is 0 Å². The van der Waals surface area contributed by atoms with Gasteiger partial charge in [0.2, 0.25) is 0 Å². The molecule has 0 saturated heterocycles. The molecule has 0 aliphatic carbocycles. The molecule has 1 atom stereocenters. The van der Waals surface area contributed by atoms with Crippen molar-refractivity contribution < 1.29 is 14.7 Å². The molecule has 0 fully saturated rings. The van der Waals surface area contributed by atoms with E-state index < -0.39 is 6.10 Å². The van der Waals surface area contributed by atoms with Crippen LogP contribution in [0.15, 0.2) is 22.7 Å². The Hall–Kier alpha value is -1.23. The first-order chi connectivity index (χ1) is 8.47. The second-order valence-electron chi connectivity index (χ2n) is 3.99. The number of aliphatic hydroxyl groups is 1. The maximum Gasteiger partial charge on any atom is 0.152 e. The van der Waals surface area contributed by atoms with Crippen LogP contribution in [0.3, 0.4) is 0 Å². The molecule has 4 nitrogen and oxygen atoms in total. The summed E-state index contributed by atoms with van der Waals surface area (Å²) in [6.07, 6.45) is -0.564. The topological polar surface area (TPSA) is 66.5 Å². The van der Waals surface area contributed by atoms with E-state index in [1.165, 1.54) is 12.1 Å². The first-order valence-electron chi connectivity index (χ1n) is 5.25. The Morgan fingerprint density at radius 2 is 1.89 bits per heavy atom. The summed E-state index contributed by atoms with van der Waals surface area (Å²) in [4.78, 5) is 0. The van der Waals surface area contributed by atoms with Gasteiger partial charge < -0.3 is 14.7 Å². The number of phenolic OH excluding ortho intramolecular Hbond substituents is 1. The zero-order chi connectivity index (χ0) is 13.3. The summed E-state index contributed by atoms with van der Waals surface area (Å²) in [5.74, 6) is 0.380. The molecule has 18 heavy (non-hydrogen) atoms. The van der Waals surface area contributed by atoms with Crippen LogP contribution in [0.4, 0.5) is 0 Å². The Balaban J connectivity index is 2.21. The average molecular weight is 288 g/mol. The fraction of sp³-hybridized carbons (Fsp3) is 0.250.